The lowest BCUT2D eigenvalue weighted by atomic mass is 10.1. The largest absolute Gasteiger partial charge is 0.496 e. The molecule has 118 valence electrons. The molecule has 1 fully saturated rings. The Labute approximate surface area is 132 Å². The van der Waals surface area contributed by atoms with Crippen LogP contribution < -0.4 is 10.1 Å². The van der Waals surface area contributed by atoms with Crippen LogP contribution in [-0.2, 0) is 17.0 Å². The van der Waals surface area contributed by atoms with Crippen molar-refractivity contribution in [2.75, 3.05) is 20.3 Å². The van der Waals surface area contributed by atoms with Crippen molar-refractivity contribution in [3.63, 3.8) is 0 Å². The average Bonchev–Trinajstić information content (AvgIpc) is 2.52. The summed E-state index contributed by atoms with van der Waals surface area (Å²) in [5.41, 5.74) is 2.63. The first kappa shape index (κ1) is 16.7. The van der Waals surface area contributed by atoms with Gasteiger partial charge in [-0.2, -0.15) is 11.8 Å². The number of ether oxygens (including phenoxy) is 2. The van der Waals surface area contributed by atoms with Crippen molar-refractivity contribution in [1.29, 1.82) is 0 Å². The van der Waals surface area contributed by atoms with Gasteiger partial charge in [0, 0.05) is 42.4 Å². The van der Waals surface area contributed by atoms with E-state index in [9.17, 15) is 0 Å². The van der Waals surface area contributed by atoms with Gasteiger partial charge in [-0.3, -0.25) is 0 Å². The quantitative estimate of drug-likeness (QED) is 0.833. The molecule has 1 aliphatic rings. The lowest BCUT2D eigenvalue weighted by molar-refractivity contribution is 0.1000. The number of rotatable bonds is 7. The van der Waals surface area contributed by atoms with Crippen molar-refractivity contribution >= 4 is 11.8 Å². The highest BCUT2D eigenvalue weighted by Crippen LogP contribution is 2.30. The third-order valence-electron chi connectivity index (χ3n) is 3.70. The normalized spacial score (nSPS) is 16.4. The lowest BCUT2D eigenvalue weighted by Crippen LogP contribution is -2.21. The number of thioether (sulfide) groups is 1. The van der Waals surface area contributed by atoms with Gasteiger partial charge >= 0.3 is 0 Å². The van der Waals surface area contributed by atoms with E-state index in [0.29, 0.717) is 6.04 Å². The van der Waals surface area contributed by atoms with Crippen molar-refractivity contribution in [1.82, 2.24) is 5.32 Å². The Morgan fingerprint density at radius 2 is 2.10 bits per heavy atom. The topological polar surface area (TPSA) is 30.5 Å². The summed E-state index contributed by atoms with van der Waals surface area (Å²) in [6.45, 7) is 7.08. The Morgan fingerprint density at radius 3 is 2.76 bits per heavy atom. The molecule has 1 N–H and O–H groups in total. The van der Waals surface area contributed by atoms with E-state index in [4.69, 9.17) is 9.47 Å². The summed E-state index contributed by atoms with van der Waals surface area (Å²) in [5.74, 6) is 2.02. The van der Waals surface area contributed by atoms with Crippen LogP contribution in [0.25, 0.3) is 0 Å². The molecule has 1 aliphatic heterocycles. The molecular weight excluding hydrogens is 282 g/mol. The highest BCUT2D eigenvalue weighted by molar-refractivity contribution is 7.99. The zero-order valence-electron chi connectivity index (χ0n) is 13.4. The monoisotopic (exact) mass is 309 g/mol. The molecule has 0 amide bonds. The van der Waals surface area contributed by atoms with Gasteiger partial charge in [0.1, 0.15) is 5.75 Å². The molecule has 0 radical (unpaired) electrons. The van der Waals surface area contributed by atoms with E-state index in [1.165, 1.54) is 24.0 Å². The minimum absolute atomic E-state index is 0.507. The molecule has 1 saturated heterocycles. The predicted molar refractivity (Wildman–Crippen MR) is 90.1 cm³/mol. The van der Waals surface area contributed by atoms with Crippen LogP contribution in [0.2, 0.25) is 0 Å². The maximum atomic E-state index is 5.51. The van der Waals surface area contributed by atoms with Crippen molar-refractivity contribution < 1.29 is 9.47 Å². The minimum Gasteiger partial charge on any atom is -0.496 e. The number of nitrogens with one attached hydrogen (secondary N) is 1. The highest BCUT2D eigenvalue weighted by Gasteiger charge is 2.15. The molecule has 0 aliphatic carbocycles. The molecule has 0 spiro atoms. The molecule has 1 heterocycles. The fraction of sp³-hybridized carbons (Fsp3) is 0.647. The zero-order valence-corrected chi connectivity index (χ0v) is 14.2. The first-order valence-corrected chi connectivity index (χ1v) is 8.82. The molecule has 1 aromatic carbocycles. The van der Waals surface area contributed by atoms with Crippen LogP contribution in [0.15, 0.2) is 18.2 Å². The summed E-state index contributed by atoms with van der Waals surface area (Å²) in [5, 5.41) is 4.19. The predicted octanol–water partition coefficient (Wildman–Crippen LogP) is 3.61. The Hall–Kier alpha value is -0.710. The van der Waals surface area contributed by atoms with Crippen LogP contribution in [0.3, 0.4) is 0 Å². The third-order valence-corrected chi connectivity index (χ3v) is 5.12. The van der Waals surface area contributed by atoms with Crippen LogP contribution in [-0.4, -0.2) is 31.6 Å². The van der Waals surface area contributed by atoms with E-state index in [1.54, 1.807) is 7.11 Å². The van der Waals surface area contributed by atoms with Gasteiger partial charge in [0.25, 0.3) is 0 Å². The molecule has 2 rings (SSSR count). The van der Waals surface area contributed by atoms with Crippen LogP contribution >= 0.6 is 11.8 Å². The van der Waals surface area contributed by atoms with Gasteiger partial charge in [0.05, 0.1) is 7.11 Å². The summed E-state index contributed by atoms with van der Waals surface area (Å²) < 4.78 is 10.9. The summed E-state index contributed by atoms with van der Waals surface area (Å²) in [7, 11) is 1.75. The molecular formula is C17H27NO2S. The summed E-state index contributed by atoms with van der Waals surface area (Å²) in [6.07, 6.45) is 2.34. The van der Waals surface area contributed by atoms with Gasteiger partial charge < -0.3 is 14.8 Å². The van der Waals surface area contributed by atoms with E-state index < -0.39 is 0 Å². The number of hydrogen-bond acceptors (Lipinski definition) is 4. The second kappa shape index (κ2) is 8.66. The number of hydrogen-bond donors (Lipinski definition) is 1. The maximum Gasteiger partial charge on any atom is 0.122 e. The van der Waals surface area contributed by atoms with Gasteiger partial charge in [-0.15, -0.1) is 0 Å². The third kappa shape index (κ3) is 5.53. The Balaban J connectivity index is 1.96. The molecule has 0 aromatic heterocycles. The van der Waals surface area contributed by atoms with Crippen molar-refractivity contribution in [3.05, 3.63) is 29.3 Å². The first-order chi connectivity index (χ1) is 10.2. The molecule has 3 nitrogen and oxygen atoms in total. The van der Waals surface area contributed by atoms with Gasteiger partial charge in [-0.05, 0) is 30.5 Å². The molecule has 0 saturated carbocycles. The summed E-state index contributed by atoms with van der Waals surface area (Å²) in [4.78, 5) is 0. The number of methoxy groups -OCH3 is 1. The van der Waals surface area contributed by atoms with Gasteiger partial charge in [0.15, 0.2) is 0 Å². The molecule has 0 bridgehead atoms. The SMILES string of the molecule is COc1ccc(CNC(C)C)cc1CSC1CCOCC1. The molecule has 1 aromatic rings. The van der Waals surface area contributed by atoms with Crippen LogP contribution in [0, 0.1) is 0 Å². The van der Waals surface area contributed by atoms with Crippen molar-refractivity contribution in [3.8, 4) is 5.75 Å². The molecule has 4 heteroatoms. The Morgan fingerprint density at radius 1 is 1.33 bits per heavy atom. The van der Waals surface area contributed by atoms with E-state index in [0.717, 1.165) is 36.5 Å². The number of benzene rings is 1. The van der Waals surface area contributed by atoms with Crippen LogP contribution in [0.1, 0.15) is 37.8 Å². The Kier molecular flexibility index (Phi) is 6.87. The maximum absolute atomic E-state index is 5.51. The Bertz CT molecular complexity index is 431. The van der Waals surface area contributed by atoms with Crippen LogP contribution in [0.4, 0.5) is 0 Å². The zero-order chi connectivity index (χ0) is 15.1. The minimum atomic E-state index is 0.507. The molecule has 0 unspecified atom stereocenters. The second-order valence-corrected chi connectivity index (χ2v) is 7.09. The average molecular weight is 309 g/mol. The highest BCUT2D eigenvalue weighted by atomic mass is 32.2. The van der Waals surface area contributed by atoms with E-state index in [-0.39, 0.29) is 0 Å². The van der Waals surface area contributed by atoms with Crippen molar-refractivity contribution in [2.24, 2.45) is 0 Å². The van der Waals surface area contributed by atoms with Crippen LogP contribution in [0.5, 0.6) is 5.75 Å². The van der Waals surface area contributed by atoms with E-state index in [1.807, 2.05) is 11.8 Å². The standard InChI is InChI=1S/C17H27NO2S/c1-13(2)18-11-14-4-5-17(19-3)15(10-14)12-21-16-6-8-20-9-7-16/h4-5,10,13,16,18H,6-9,11-12H2,1-3H3. The molecule has 21 heavy (non-hydrogen) atoms. The van der Waals surface area contributed by atoms with Gasteiger partial charge in [-0.25, -0.2) is 0 Å². The molecule has 0 atom stereocenters. The van der Waals surface area contributed by atoms with E-state index in [2.05, 4.69) is 37.4 Å². The smallest absolute Gasteiger partial charge is 0.122 e. The summed E-state index contributed by atoms with van der Waals surface area (Å²) >= 11 is 2.03. The van der Waals surface area contributed by atoms with Crippen molar-refractivity contribution in [2.45, 2.75) is 50.3 Å². The van der Waals surface area contributed by atoms with Gasteiger partial charge in [-0.1, -0.05) is 19.9 Å². The second-order valence-electron chi connectivity index (χ2n) is 5.80. The first-order valence-electron chi connectivity index (χ1n) is 7.77. The van der Waals surface area contributed by atoms with Gasteiger partial charge in [0.2, 0.25) is 0 Å². The lowest BCUT2D eigenvalue weighted by Gasteiger charge is -2.22. The van der Waals surface area contributed by atoms with E-state index >= 15 is 0 Å². The summed E-state index contributed by atoms with van der Waals surface area (Å²) in [6, 6.07) is 7.03. The fourth-order valence-electron chi connectivity index (χ4n) is 2.43. The fourth-order valence-corrected chi connectivity index (χ4v) is 3.59.